The fourth-order valence-corrected chi connectivity index (χ4v) is 8.03. The van der Waals surface area contributed by atoms with E-state index in [-0.39, 0.29) is 31.1 Å². The molecule has 0 heterocycles. The Labute approximate surface area is 426 Å². The molecule has 0 aliphatic heterocycles. The number of unbranched alkanes of at least 4 members (excludes halogenated alkanes) is 27. The molecule has 69 heavy (non-hydrogen) atoms. The van der Waals surface area contributed by atoms with Crippen molar-refractivity contribution in [2.24, 2.45) is 0 Å². The molecule has 0 saturated heterocycles. The van der Waals surface area contributed by atoms with Crippen LogP contribution < -0.4 is 0 Å². The maximum atomic E-state index is 12.8. The molecule has 6 nitrogen and oxygen atoms in total. The van der Waals surface area contributed by atoms with E-state index in [9.17, 15) is 14.4 Å². The van der Waals surface area contributed by atoms with Crippen LogP contribution in [0, 0.1) is 0 Å². The van der Waals surface area contributed by atoms with E-state index in [0.29, 0.717) is 19.3 Å². The first-order valence-corrected chi connectivity index (χ1v) is 29.1. The average Bonchev–Trinajstić information content (AvgIpc) is 3.35. The van der Waals surface area contributed by atoms with Crippen molar-refractivity contribution in [3.05, 3.63) is 85.1 Å². The summed E-state index contributed by atoms with van der Waals surface area (Å²) >= 11 is 0. The van der Waals surface area contributed by atoms with Crippen molar-refractivity contribution in [3.8, 4) is 0 Å². The summed E-state index contributed by atoms with van der Waals surface area (Å²) in [7, 11) is 0. The highest BCUT2D eigenvalue weighted by Gasteiger charge is 2.19. The third-order valence-electron chi connectivity index (χ3n) is 12.4. The molecule has 0 rings (SSSR count). The van der Waals surface area contributed by atoms with E-state index in [4.69, 9.17) is 14.2 Å². The molecule has 0 aromatic carbocycles. The van der Waals surface area contributed by atoms with Crippen molar-refractivity contribution < 1.29 is 28.6 Å². The Morgan fingerprint density at radius 1 is 0.304 bits per heavy atom. The molecule has 396 valence electrons. The zero-order valence-corrected chi connectivity index (χ0v) is 45.3. The van der Waals surface area contributed by atoms with E-state index in [1.54, 1.807) is 0 Å². The molecule has 0 aromatic heterocycles. The smallest absolute Gasteiger partial charge is 0.306 e. The van der Waals surface area contributed by atoms with Crippen molar-refractivity contribution in [3.63, 3.8) is 0 Å². The van der Waals surface area contributed by atoms with E-state index in [0.717, 1.165) is 116 Å². The number of allylic oxidation sites excluding steroid dienone is 14. The number of rotatable bonds is 52. The summed E-state index contributed by atoms with van der Waals surface area (Å²) in [6.07, 6.45) is 74.5. The van der Waals surface area contributed by atoms with Crippen LogP contribution in [-0.2, 0) is 28.6 Å². The van der Waals surface area contributed by atoms with Gasteiger partial charge in [-0.05, 0) is 96.3 Å². The molecular weight excluding hydrogens is 853 g/mol. The van der Waals surface area contributed by atoms with Gasteiger partial charge in [-0.3, -0.25) is 14.4 Å². The highest BCUT2D eigenvalue weighted by molar-refractivity contribution is 5.71. The Morgan fingerprint density at radius 3 is 0.899 bits per heavy atom. The van der Waals surface area contributed by atoms with Crippen molar-refractivity contribution in [1.82, 2.24) is 0 Å². The topological polar surface area (TPSA) is 78.9 Å². The first-order valence-electron chi connectivity index (χ1n) is 29.1. The van der Waals surface area contributed by atoms with E-state index in [2.05, 4.69) is 106 Å². The average molecular weight is 962 g/mol. The van der Waals surface area contributed by atoms with Crippen molar-refractivity contribution >= 4 is 17.9 Å². The van der Waals surface area contributed by atoms with Gasteiger partial charge in [-0.25, -0.2) is 0 Å². The Bertz CT molecular complexity index is 1330. The Kier molecular flexibility index (Phi) is 54.3. The minimum atomic E-state index is -0.782. The van der Waals surface area contributed by atoms with Gasteiger partial charge in [0.15, 0.2) is 6.10 Å². The second-order valence-corrected chi connectivity index (χ2v) is 19.2. The summed E-state index contributed by atoms with van der Waals surface area (Å²) in [5.41, 5.74) is 0. The molecule has 0 bridgehead atoms. The fourth-order valence-electron chi connectivity index (χ4n) is 8.03. The summed E-state index contributed by atoms with van der Waals surface area (Å²) in [5, 5.41) is 0. The largest absolute Gasteiger partial charge is 0.462 e. The molecule has 0 N–H and O–H groups in total. The van der Waals surface area contributed by atoms with Crippen LogP contribution in [0.1, 0.15) is 278 Å². The van der Waals surface area contributed by atoms with E-state index >= 15 is 0 Å². The second-order valence-electron chi connectivity index (χ2n) is 19.2. The molecule has 0 fully saturated rings. The Morgan fingerprint density at radius 2 is 0.565 bits per heavy atom. The van der Waals surface area contributed by atoms with Crippen LogP contribution in [0.3, 0.4) is 0 Å². The molecular formula is C63H108O6. The van der Waals surface area contributed by atoms with Crippen LogP contribution in [-0.4, -0.2) is 37.2 Å². The van der Waals surface area contributed by atoms with E-state index < -0.39 is 6.10 Å². The van der Waals surface area contributed by atoms with Gasteiger partial charge in [-0.1, -0.05) is 247 Å². The van der Waals surface area contributed by atoms with E-state index in [1.807, 2.05) is 0 Å². The zero-order chi connectivity index (χ0) is 50.0. The predicted molar refractivity (Wildman–Crippen MR) is 297 cm³/mol. The molecule has 6 heteroatoms. The normalized spacial score (nSPS) is 12.7. The molecule has 0 amide bonds. The molecule has 0 aliphatic carbocycles. The van der Waals surface area contributed by atoms with Gasteiger partial charge in [-0.15, -0.1) is 0 Å². The van der Waals surface area contributed by atoms with Crippen LogP contribution in [0.15, 0.2) is 85.1 Å². The maximum absolute atomic E-state index is 12.8. The maximum Gasteiger partial charge on any atom is 0.306 e. The highest BCUT2D eigenvalue weighted by Crippen LogP contribution is 2.15. The number of carbonyl (C=O) groups is 3. The molecule has 1 unspecified atom stereocenters. The number of ether oxygens (including phenoxy) is 3. The lowest BCUT2D eigenvalue weighted by Gasteiger charge is -2.18. The van der Waals surface area contributed by atoms with Crippen LogP contribution in [0.25, 0.3) is 0 Å². The number of hydrogen-bond acceptors (Lipinski definition) is 6. The van der Waals surface area contributed by atoms with Gasteiger partial charge < -0.3 is 14.2 Å². The Hall–Kier alpha value is -3.41. The lowest BCUT2D eigenvalue weighted by atomic mass is 10.0. The quantitative estimate of drug-likeness (QED) is 0.0262. The molecule has 1 atom stereocenters. The van der Waals surface area contributed by atoms with Gasteiger partial charge in [0.05, 0.1) is 0 Å². The van der Waals surface area contributed by atoms with Crippen molar-refractivity contribution in [2.45, 2.75) is 284 Å². The van der Waals surface area contributed by atoms with Gasteiger partial charge >= 0.3 is 17.9 Å². The van der Waals surface area contributed by atoms with Crippen molar-refractivity contribution in [2.75, 3.05) is 13.2 Å². The number of hydrogen-bond donors (Lipinski definition) is 0. The molecule has 0 saturated carbocycles. The summed E-state index contributed by atoms with van der Waals surface area (Å²) in [6.45, 7) is 6.48. The summed E-state index contributed by atoms with van der Waals surface area (Å²) < 4.78 is 16.8. The van der Waals surface area contributed by atoms with Gasteiger partial charge in [0.2, 0.25) is 0 Å². The van der Waals surface area contributed by atoms with E-state index in [1.165, 1.54) is 122 Å². The van der Waals surface area contributed by atoms with Gasteiger partial charge in [0.1, 0.15) is 13.2 Å². The summed E-state index contributed by atoms with van der Waals surface area (Å²) in [6, 6.07) is 0. The third-order valence-corrected chi connectivity index (χ3v) is 12.4. The van der Waals surface area contributed by atoms with Crippen LogP contribution in [0.2, 0.25) is 0 Å². The lowest BCUT2D eigenvalue weighted by molar-refractivity contribution is -0.167. The fraction of sp³-hybridized carbons (Fsp3) is 0.730. The number of esters is 3. The molecule has 0 aromatic rings. The first kappa shape index (κ1) is 65.6. The lowest BCUT2D eigenvalue weighted by Crippen LogP contribution is -2.30. The minimum absolute atomic E-state index is 0.0811. The predicted octanol–water partition coefficient (Wildman–Crippen LogP) is 19.5. The van der Waals surface area contributed by atoms with Gasteiger partial charge in [0, 0.05) is 19.3 Å². The first-order chi connectivity index (χ1) is 34.0. The molecule has 0 spiro atoms. The second kappa shape index (κ2) is 57.2. The minimum Gasteiger partial charge on any atom is -0.462 e. The highest BCUT2D eigenvalue weighted by atomic mass is 16.6. The van der Waals surface area contributed by atoms with Crippen LogP contribution in [0.5, 0.6) is 0 Å². The zero-order valence-electron chi connectivity index (χ0n) is 45.3. The van der Waals surface area contributed by atoms with Crippen LogP contribution >= 0.6 is 0 Å². The molecule has 0 radical (unpaired) electrons. The SMILES string of the molecule is CC/C=C\C/C=C\C/C=C\C/C=C\C/C=C\CCCCCCCCCCCCCC(=O)OCC(COC(=O)CCCCCCCCCC)OC(=O)CCCCCCC/C=C\C/C=C\CCCCCC. The standard InChI is InChI=1S/C63H108O6/c1-4-7-10-13-16-19-21-23-25-27-28-29-30-31-32-33-34-35-36-37-39-40-42-44-47-50-53-56-62(65)68-59-60(58-67-61(64)55-52-49-46-18-15-12-9-6-3)69-63(66)57-54-51-48-45-43-41-38-26-24-22-20-17-14-11-8-5-2/h7,10,16,19-20,22-23,25-26,28-29,31-32,38,60H,4-6,8-9,11-15,17-18,21,24,27,30,33-37,39-59H2,1-3H3/b10-7-,19-16-,22-20-,25-23-,29-28-,32-31-,38-26-. The molecule has 0 aliphatic rings. The van der Waals surface area contributed by atoms with Gasteiger partial charge in [-0.2, -0.15) is 0 Å². The number of carbonyl (C=O) groups excluding carboxylic acids is 3. The van der Waals surface area contributed by atoms with Crippen LogP contribution in [0.4, 0.5) is 0 Å². The summed E-state index contributed by atoms with van der Waals surface area (Å²) in [4.78, 5) is 38.0. The van der Waals surface area contributed by atoms with Crippen molar-refractivity contribution in [1.29, 1.82) is 0 Å². The third kappa shape index (κ3) is 55.4. The summed E-state index contributed by atoms with van der Waals surface area (Å²) in [5.74, 6) is -0.897. The van der Waals surface area contributed by atoms with Gasteiger partial charge in [0.25, 0.3) is 0 Å². The monoisotopic (exact) mass is 961 g/mol. The Balaban J connectivity index is 4.20.